The summed E-state index contributed by atoms with van der Waals surface area (Å²) in [4.78, 5) is 26.0. The number of amides is 2. The zero-order valence-corrected chi connectivity index (χ0v) is 16.1. The van der Waals surface area contributed by atoms with Gasteiger partial charge in [-0.1, -0.05) is 11.6 Å². The Morgan fingerprint density at radius 1 is 1.19 bits per heavy atom. The Morgan fingerprint density at radius 2 is 1.92 bits per heavy atom. The van der Waals surface area contributed by atoms with E-state index in [1.165, 1.54) is 16.2 Å². The van der Waals surface area contributed by atoms with Crippen LogP contribution in [0.25, 0.3) is 0 Å². The maximum atomic E-state index is 12.5. The van der Waals surface area contributed by atoms with Crippen molar-refractivity contribution >= 4 is 39.8 Å². The minimum Gasteiger partial charge on any atom is -0.484 e. The number of nitrogens with one attached hydrogen (secondary N) is 2. The first-order valence-electron chi connectivity index (χ1n) is 8.69. The van der Waals surface area contributed by atoms with Crippen molar-refractivity contribution in [2.45, 2.75) is 32.6 Å². The van der Waals surface area contributed by atoms with Gasteiger partial charge in [0.25, 0.3) is 11.8 Å². The molecule has 5 nitrogen and oxygen atoms in total. The molecule has 0 unspecified atom stereocenters. The van der Waals surface area contributed by atoms with Crippen LogP contribution in [0.4, 0.5) is 5.00 Å². The average Bonchev–Trinajstić information content (AvgIpc) is 2.99. The summed E-state index contributed by atoms with van der Waals surface area (Å²) >= 11 is 7.34. The third-order valence-electron chi connectivity index (χ3n) is 4.17. The van der Waals surface area contributed by atoms with E-state index in [4.69, 9.17) is 16.3 Å². The van der Waals surface area contributed by atoms with Crippen LogP contribution in [0.2, 0.25) is 5.02 Å². The van der Waals surface area contributed by atoms with E-state index in [0.29, 0.717) is 27.9 Å². The smallest absolute Gasteiger partial charge is 0.262 e. The molecule has 7 heteroatoms. The van der Waals surface area contributed by atoms with Gasteiger partial charge in [-0.2, -0.15) is 0 Å². The second-order valence-electron chi connectivity index (χ2n) is 6.07. The van der Waals surface area contributed by atoms with Crippen molar-refractivity contribution in [1.29, 1.82) is 0 Å². The molecular weight excluding hydrogens is 372 g/mol. The topological polar surface area (TPSA) is 67.4 Å². The van der Waals surface area contributed by atoms with E-state index in [1.54, 1.807) is 24.3 Å². The summed E-state index contributed by atoms with van der Waals surface area (Å²) in [5.74, 6) is 0.156. The molecule has 0 spiro atoms. The molecular formula is C19H21ClN2O3S. The van der Waals surface area contributed by atoms with Crippen LogP contribution >= 0.6 is 22.9 Å². The van der Waals surface area contributed by atoms with Crippen LogP contribution in [-0.2, 0) is 17.6 Å². The maximum absolute atomic E-state index is 12.5. The number of fused-ring (bicyclic) bond motifs is 1. The number of rotatable bonds is 6. The molecule has 1 aliphatic rings. The van der Waals surface area contributed by atoms with Gasteiger partial charge in [0.2, 0.25) is 0 Å². The molecule has 1 heterocycles. The number of benzene rings is 1. The van der Waals surface area contributed by atoms with Gasteiger partial charge in [0.1, 0.15) is 10.8 Å². The van der Waals surface area contributed by atoms with Crippen LogP contribution in [0.3, 0.4) is 0 Å². The van der Waals surface area contributed by atoms with Gasteiger partial charge >= 0.3 is 0 Å². The molecule has 2 aromatic rings. The fourth-order valence-corrected chi connectivity index (χ4v) is 4.41. The Labute approximate surface area is 161 Å². The lowest BCUT2D eigenvalue weighted by Gasteiger charge is -2.13. The van der Waals surface area contributed by atoms with Crippen LogP contribution in [0, 0.1) is 0 Å². The fraction of sp³-hybridized carbons (Fsp3) is 0.368. The summed E-state index contributed by atoms with van der Waals surface area (Å²) in [6.07, 6.45) is 4.04. The van der Waals surface area contributed by atoms with Gasteiger partial charge in [-0.15, -0.1) is 11.3 Å². The number of hydrogen-bond donors (Lipinski definition) is 2. The van der Waals surface area contributed by atoms with Crippen LogP contribution < -0.4 is 15.4 Å². The standard InChI is InChI=1S/C19H21ClN2O3S/c1-2-21-18(24)17-14-5-3-4-6-15(14)26-19(17)22-16(23)11-25-13-9-7-12(20)8-10-13/h7-10H,2-6,11H2,1H3,(H,21,24)(H,22,23). The number of halogens is 1. The molecule has 138 valence electrons. The molecule has 0 bridgehead atoms. The van der Waals surface area contributed by atoms with Gasteiger partial charge in [0, 0.05) is 16.4 Å². The highest BCUT2D eigenvalue weighted by Crippen LogP contribution is 2.38. The highest BCUT2D eigenvalue weighted by molar-refractivity contribution is 7.17. The summed E-state index contributed by atoms with van der Waals surface area (Å²) in [5.41, 5.74) is 1.70. The highest BCUT2D eigenvalue weighted by atomic mass is 35.5. The lowest BCUT2D eigenvalue weighted by Crippen LogP contribution is -2.26. The molecule has 0 saturated carbocycles. The summed E-state index contributed by atoms with van der Waals surface area (Å²) in [6, 6.07) is 6.82. The van der Waals surface area contributed by atoms with E-state index >= 15 is 0 Å². The van der Waals surface area contributed by atoms with E-state index in [9.17, 15) is 9.59 Å². The van der Waals surface area contributed by atoms with Gasteiger partial charge in [-0.3, -0.25) is 9.59 Å². The van der Waals surface area contributed by atoms with Crippen molar-refractivity contribution in [1.82, 2.24) is 5.32 Å². The monoisotopic (exact) mass is 392 g/mol. The number of carbonyl (C=O) groups excluding carboxylic acids is 2. The van der Waals surface area contributed by atoms with Gasteiger partial charge in [-0.05, 0) is 62.4 Å². The van der Waals surface area contributed by atoms with Gasteiger partial charge in [0.15, 0.2) is 6.61 Å². The number of aryl methyl sites for hydroxylation is 1. The van der Waals surface area contributed by atoms with Crippen molar-refractivity contribution < 1.29 is 14.3 Å². The van der Waals surface area contributed by atoms with Crippen molar-refractivity contribution in [3.63, 3.8) is 0 Å². The van der Waals surface area contributed by atoms with Crippen LogP contribution in [0.15, 0.2) is 24.3 Å². The zero-order chi connectivity index (χ0) is 18.5. The second-order valence-corrected chi connectivity index (χ2v) is 7.61. The molecule has 26 heavy (non-hydrogen) atoms. The van der Waals surface area contributed by atoms with Gasteiger partial charge in [-0.25, -0.2) is 0 Å². The van der Waals surface area contributed by atoms with Gasteiger partial charge in [0.05, 0.1) is 5.56 Å². The summed E-state index contributed by atoms with van der Waals surface area (Å²) in [6.45, 7) is 2.31. The van der Waals surface area contributed by atoms with Crippen molar-refractivity contribution in [3.8, 4) is 5.75 Å². The molecule has 2 amide bonds. The number of hydrogen-bond acceptors (Lipinski definition) is 4. The second kappa shape index (κ2) is 8.56. The number of thiophene rings is 1. The average molecular weight is 393 g/mol. The van der Waals surface area contributed by atoms with Gasteiger partial charge < -0.3 is 15.4 Å². The summed E-state index contributed by atoms with van der Waals surface area (Å²) in [7, 11) is 0. The number of carbonyl (C=O) groups is 2. The maximum Gasteiger partial charge on any atom is 0.262 e. The third-order valence-corrected chi connectivity index (χ3v) is 5.63. The minimum atomic E-state index is -0.288. The fourth-order valence-electron chi connectivity index (χ4n) is 2.99. The van der Waals surface area contributed by atoms with E-state index in [-0.39, 0.29) is 18.4 Å². The lowest BCUT2D eigenvalue weighted by molar-refractivity contribution is -0.118. The lowest BCUT2D eigenvalue weighted by atomic mass is 9.95. The van der Waals surface area contributed by atoms with Crippen molar-refractivity contribution in [2.75, 3.05) is 18.5 Å². The SMILES string of the molecule is CCNC(=O)c1c(NC(=O)COc2ccc(Cl)cc2)sc2c1CCCC2. The minimum absolute atomic E-state index is 0.124. The highest BCUT2D eigenvalue weighted by Gasteiger charge is 2.26. The molecule has 1 aromatic carbocycles. The Kier molecular flexibility index (Phi) is 6.16. The molecule has 0 aliphatic heterocycles. The first-order valence-corrected chi connectivity index (χ1v) is 9.89. The largest absolute Gasteiger partial charge is 0.484 e. The first-order chi connectivity index (χ1) is 12.6. The van der Waals surface area contributed by atoms with Crippen molar-refractivity contribution in [2.24, 2.45) is 0 Å². The Balaban J connectivity index is 1.71. The quantitative estimate of drug-likeness (QED) is 0.779. The van der Waals surface area contributed by atoms with E-state index in [0.717, 1.165) is 31.2 Å². The molecule has 1 aromatic heterocycles. The third kappa shape index (κ3) is 4.37. The van der Waals surface area contributed by atoms with E-state index < -0.39 is 0 Å². The summed E-state index contributed by atoms with van der Waals surface area (Å²) in [5, 5.41) is 6.93. The molecule has 3 rings (SSSR count). The normalized spacial score (nSPS) is 13.0. The zero-order valence-electron chi connectivity index (χ0n) is 14.6. The number of anilines is 1. The Bertz CT molecular complexity index is 802. The van der Waals surface area contributed by atoms with Crippen molar-refractivity contribution in [3.05, 3.63) is 45.3 Å². The molecule has 1 aliphatic carbocycles. The van der Waals surface area contributed by atoms with Crippen LogP contribution in [0.5, 0.6) is 5.75 Å². The molecule has 0 saturated heterocycles. The Morgan fingerprint density at radius 3 is 2.65 bits per heavy atom. The van der Waals surface area contributed by atoms with E-state index in [1.807, 2.05) is 6.92 Å². The summed E-state index contributed by atoms with van der Waals surface area (Å²) < 4.78 is 5.48. The molecule has 0 radical (unpaired) electrons. The predicted molar refractivity (Wildman–Crippen MR) is 105 cm³/mol. The Hall–Kier alpha value is -2.05. The first kappa shape index (κ1) is 18.7. The molecule has 0 fully saturated rings. The molecule has 0 atom stereocenters. The van der Waals surface area contributed by atoms with Crippen LogP contribution in [0.1, 0.15) is 40.6 Å². The predicted octanol–water partition coefficient (Wildman–Crippen LogP) is 4.05. The van der Waals surface area contributed by atoms with Crippen LogP contribution in [-0.4, -0.2) is 25.0 Å². The molecule has 2 N–H and O–H groups in total. The number of ether oxygens (including phenoxy) is 1. The van der Waals surface area contributed by atoms with E-state index in [2.05, 4.69) is 10.6 Å².